The molecule has 1 fully saturated rings. The zero-order chi connectivity index (χ0) is 19.9. The molecule has 0 saturated carbocycles. The Morgan fingerprint density at radius 1 is 1.07 bits per heavy atom. The van der Waals surface area contributed by atoms with E-state index in [9.17, 15) is 8.42 Å². The predicted octanol–water partition coefficient (Wildman–Crippen LogP) is 2.27. The molecule has 154 valence electrons. The van der Waals surface area contributed by atoms with Crippen LogP contribution in [0.5, 0.6) is 5.75 Å². The summed E-state index contributed by atoms with van der Waals surface area (Å²) in [4.78, 5) is 5.01. The number of nitrogens with one attached hydrogen (secondary N) is 1. The Labute approximate surface area is 164 Å². The van der Waals surface area contributed by atoms with Gasteiger partial charge in [0.2, 0.25) is 10.0 Å². The predicted molar refractivity (Wildman–Crippen MR) is 110 cm³/mol. The Morgan fingerprint density at radius 2 is 1.70 bits per heavy atom. The van der Waals surface area contributed by atoms with E-state index in [0.717, 1.165) is 39.1 Å². The smallest absolute Gasteiger partial charge is 0.240 e. The second-order valence-corrected chi connectivity index (χ2v) is 9.83. The number of sulfonamides is 1. The molecule has 0 aromatic heterocycles. The van der Waals surface area contributed by atoms with Gasteiger partial charge in [0, 0.05) is 39.3 Å². The summed E-state index contributed by atoms with van der Waals surface area (Å²) in [5, 5.41) is 0. The van der Waals surface area contributed by atoms with Gasteiger partial charge in [-0.05, 0) is 49.6 Å². The summed E-state index contributed by atoms with van der Waals surface area (Å²) >= 11 is 0. The van der Waals surface area contributed by atoms with E-state index in [1.54, 1.807) is 24.3 Å². The number of likely N-dealkylation sites (N-methyl/N-ethyl adjacent to an activating group) is 1. The third-order valence-electron chi connectivity index (χ3n) is 4.89. The van der Waals surface area contributed by atoms with Crippen molar-refractivity contribution in [3.63, 3.8) is 0 Å². The van der Waals surface area contributed by atoms with E-state index in [0.29, 0.717) is 24.8 Å². The van der Waals surface area contributed by atoms with Crippen molar-refractivity contribution >= 4 is 10.0 Å². The molecule has 6 nitrogen and oxygen atoms in total. The van der Waals surface area contributed by atoms with Gasteiger partial charge >= 0.3 is 0 Å². The zero-order valence-corrected chi connectivity index (χ0v) is 18.0. The van der Waals surface area contributed by atoms with E-state index in [-0.39, 0.29) is 10.8 Å². The standard InChI is InChI=1S/C20H35N3O3S/c1-17(2)9-14-26-19-5-7-20(8-6-19)27(24,25)21-15-18(3)16-23-12-10-22(4)11-13-23/h5-8,17-18,21H,9-16H2,1-4H3. The monoisotopic (exact) mass is 397 g/mol. The first kappa shape index (κ1) is 22.1. The molecule has 2 rings (SSSR count). The molecule has 1 saturated heterocycles. The van der Waals surface area contributed by atoms with E-state index in [1.165, 1.54) is 0 Å². The van der Waals surface area contributed by atoms with Gasteiger partial charge in [-0.2, -0.15) is 0 Å². The summed E-state index contributed by atoms with van der Waals surface area (Å²) in [5.74, 6) is 1.56. The fourth-order valence-corrected chi connectivity index (χ4v) is 4.16. The second kappa shape index (κ2) is 10.4. The van der Waals surface area contributed by atoms with Gasteiger partial charge in [-0.1, -0.05) is 20.8 Å². The first-order valence-corrected chi connectivity index (χ1v) is 11.4. The summed E-state index contributed by atoms with van der Waals surface area (Å²) in [6.07, 6.45) is 0.979. The molecule has 1 aliphatic heterocycles. The average molecular weight is 398 g/mol. The van der Waals surface area contributed by atoms with E-state index < -0.39 is 10.0 Å². The number of rotatable bonds is 10. The van der Waals surface area contributed by atoms with Gasteiger partial charge in [0.15, 0.2) is 0 Å². The fraction of sp³-hybridized carbons (Fsp3) is 0.700. The van der Waals surface area contributed by atoms with Crippen molar-refractivity contribution in [3.05, 3.63) is 24.3 Å². The van der Waals surface area contributed by atoms with Gasteiger partial charge in [0.25, 0.3) is 0 Å². The highest BCUT2D eigenvalue weighted by atomic mass is 32.2. The molecule has 1 heterocycles. The minimum absolute atomic E-state index is 0.266. The maximum Gasteiger partial charge on any atom is 0.240 e. The number of benzene rings is 1. The number of nitrogens with zero attached hydrogens (tertiary/aromatic N) is 2. The third kappa shape index (κ3) is 7.78. The topological polar surface area (TPSA) is 61.9 Å². The van der Waals surface area contributed by atoms with E-state index in [1.807, 2.05) is 0 Å². The lowest BCUT2D eigenvalue weighted by atomic mass is 10.1. The van der Waals surface area contributed by atoms with Crippen LogP contribution in [0.2, 0.25) is 0 Å². The summed E-state index contributed by atoms with van der Waals surface area (Å²) < 4.78 is 33.4. The lowest BCUT2D eigenvalue weighted by molar-refractivity contribution is 0.139. The molecule has 0 bridgehead atoms. The normalized spacial score (nSPS) is 18.0. The fourth-order valence-electron chi connectivity index (χ4n) is 3.00. The van der Waals surface area contributed by atoms with Gasteiger partial charge in [0.05, 0.1) is 11.5 Å². The van der Waals surface area contributed by atoms with Crippen LogP contribution >= 0.6 is 0 Å². The molecule has 0 spiro atoms. The quantitative estimate of drug-likeness (QED) is 0.656. The van der Waals surface area contributed by atoms with Crippen molar-refractivity contribution < 1.29 is 13.2 Å². The van der Waals surface area contributed by atoms with Crippen LogP contribution in [-0.2, 0) is 10.0 Å². The number of piperazine rings is 1. The van der Waals surface area contributed by atoms with Crippen LogP contribution in [0.1, 0.15) is 27.2 Å². The Bertz CT molecular complexity index is 654. The molecule has 1 atom stereocenters. The lowest BCUT2D eigenvalue weighted by Gasteiger charge is -2.33. The lowest BCUT2D eigenvalue weighted by Crippen LogP contribution is -2.46. The summed E-state index contributed by atoms with van der Waals surface area (Å²) in [6, 6.07) is 6.67. The van der Waals surface area contributed by atoms with Crippen LogP contribution in [0.25, 0.3) is 0 Å². The van der Waals surface area contributed by atoms with Crippen LogP contribution in [0.4, 0.5) is 0 Å². The van der Waals surface area contributed by atoms with Gasteiger partial charge in [0.1, 0.15) is 5.75 Å². The van der Waals surface area contributed by atoms with Crippen LogP contribution < -0.4 is 9.46 Å². The number of ether oxygens (including phenoxy) is 1. The van der Waals surface area contributed by atoms with Crippen molar-refractivity contribution in [1.82, 2.24) is 14.5 Å². The Balaban J connectivity index is 1.79. The SMILES string of the molecule is CC(C)CCOc1ccc(S(=O)(=O)NCC(C)CN2CCN(C)CC2)cc1. The largest absolute Gasteiger partial charge is 0.494 e. The molecular formula is C20H35N3O3S. The summed E-state index contributed by atoms with van der Waals surface area (Å²) in [7, 11) is -1.35. The van der Waals surface area contributed by atoms with Gasteiger partial charge < -0.3 is 14.5 Å². The van der Waals surface area contributed by atoms with Crippen molar-refractivity contribution in [2.45, 2.75) is 32.1 Å². The van der Waals surface area contributed by atoms with E-state index >= 15 is 0 Å². The van der Waals surface area contributed by atoms with Crippen LogP contribution in [0.3, 0.4) is 0 Å². The van der Waals surface area contributed by atoms with Gasteiger partial charge in [-0.25, -0.2) is 13.1 Å². The Hall–Kier alpha value is -1.15. The highest BCUT2D eigenvalue weighted by molar-refractivity contribution is 7.89. The number of hydrogen-bond acceptors (Lipinski definition) is 5. The summed E-state index contributed by atoms with van der Waals surface area (Å²) in [6.45, 7) is 12.6. The molecular weight excluding hydrogens is 362 g/mol. The molecule has 1 aliphatic rings. The maximum atomic E-state index is 12.5. The molecule has 0 radical (unpaired) electrons. The van der Waals surface area contributed by atoms with Crippen molar-refractivity contribution in [2.75, 3.05) is 52.9 Å². The first-order valence-electron chi connectivity index (χ1n) is 9.89. The van der Waals surface area contributed by atoms with Crippen LogP contribution in [0, 0.1) is 11.8 Å². The highest BCUT2D eigenvalue weighted by Crippen LogP contribution is 2.17. The average Bonchev–Trinajstić information content (AvgIpc) is 2.62. The van der Waals surface area contributed by atoms with Gasteiger partial charge in [-0.15, -0.1) is 0 Å². The van der Waals surface area contributed by atoms with E-state index in [2.05, 4.69) is 42.3 Å². The van der Waals surface area contributed by atoms with Crippen LogP contribution in [-0.4, -0.2) is 71.1 Å². The molecule has 1 aromatic rings. The molecule has 1 N–H and O–H groups in total. The van der Waals surface area contributed by atoms with Crippen molar-refractivity contribution in [3.8, 4) is 5.75 Å². The molecule has 27 heavy (non-hydrogen) atoms. The number of hydrogen-bond donors (Lipinski definition) is 1. The third-order valence-corrected chi connectivity index (χ3v) is 6.33. The first-order chi connectivity index (χ1) is 12.8. The summed E-state index contributed by atoms with van der Waals surface area (Å²) in [5.41, 5.74) is 0. The Kier molecular flexibility index (Phi) is 8.54. The zero-order valence-electron chi connectivity index (χ0n) is 17.1. The van der Waals surface area contributed by atoms with Crippen molar-refractivity contribution in [2.24, 2.45) is 11.8 Å². The highest BCUT2D eigenvalue weighted by Gasteiger charge is 2.19. The van der Waals surface area contributed by atoms with E-state index in [4.69, 9.17) is 4.74 Å². The van der Waals surface area contributed by atoms with Crippen LogP contribution in [0.15, 0.2) is 29.2 Å². The minimum atomic E-state index is -3.49. The van der Waals surface area contributed by atoms with Gasteiger partial charge in [-0.3, -0.25) is 0 Å². The second-order valence-electron chi connectivity index (χ2n) is 8.06. The Morgan fingerprint density at radius 3 is 2.30 bits per heavy atom. The molecule has 1 aromatic carbocycles. The molecule has 1 unspecified atom stereocenters. The maximum absolute atomic E-state index is 12.5. The molecule has 0 amide bonds. The molecule has 0 aliphatic carbocycles. The minimum Gasteiger partial charge on any atom is -0.494 e. The van der Waals surface area contributed by atoms with Crippen molar-refractivity contribution in [1.29, 1.82) is 0 Å². The molecule has 7 heteroatoms.